The third kappa shape index (κ3) is 8.57. The highest BCUT2D eigenvalue weighted by Crippen LogP contribution is 2.29. The van der Waals surface area contributed by atoms with Gasteiger partial charge in [0.2, 0.25) is 17.6 Å². The van der Waals surface area contributed by atoms with E-state index >= 15 is 0 Å². The Labute approximate surface area is 271 Å². The lowest BCUT2D eigenvalue weighted by Crippen LogP contribution is -2.48. The fraction of sp³-hybridized carbons (Fsp3) is 0.324. The molecule has 3 aromatic carbocycles. The number of H-pyrrole nitrogens is 1. The third-order valence-electron chi connectivity index (χ3n) is 8.57. The van der Waals surface area contributed by atoms with Gasteiger partial charge in [0.15, 0.2) is 0 Å². The number of benzene rings is 3. The molecule has 1 heterocycles. The Kier molecular flexibility index (Phi) is 10.6. The van der Waals surface area contributed by atoms with Gasteiger partial charge in [0.25, 0.3) is 5.91 Å². The quantitative estimate of drug-likeness (QED) is 0.142. The summed E-state index contributed by atoms with van der Waals surface area (Å²) in [6.45, 7) is 2.32. The van der Waals surface area contributed by atoms with E-state index in [9.17, 15) is 19.2 Å². The molecule has 0 saturated heterocycles. The molecular weight excluding hydrogens is 600 g/mol. The van der Waals surface area contributed by atoms with Crippen molar-refractivity contribution < 1.29 is 24.3 Å². The molecule has 1 saturated carbocycles. The van der Waals surface area contributed by atoms with E-state index in [1.54, 1.807) is 37.4 Å². The second-order valence-electron chi connectivity index (χ2n) is 11.8. The molecule has 4 amide bonds. The zero-order valence-electron chi connectivity index (χ0n) is 26.2. The SMILES string of the molecule is CNC(=O)c1ccc(-c2ccc(C[C@H](NC(=O)[C@H]3CC[C@H](CNC(=O)O)CC3)C(=O)Nc3ccc(-c4nn[nH]n4)cc3)cc2)c(C)c1. The molecule has 0 radical (unpaired) electrons. The molecular formula is C34H38N8O5. The maximum Gasteiger partial charge on any atom is 0.404 e. The number of amides is 4. The lowest BCUT2D eigenvalue weighted by atomic mass is 9.81. The van der Waals surface area contributed by atoms with Crippen LogP contribution in [0.4, 0.5) is 10.5 Å². The van der Waals surface area contributed by atoms with Crippen molar-refractivity contribution in [2.45, 2.75) is 45.1 Å². The van der Waals surface area contributed by atoms with Gasteiger partial charge in [-0.05, 0) is 102 Å². The highest BCUT2D eigenvalue weighted by atomic mass is 16.4. The Bertz CT molecular complexity index is 1700. The Morgan fingerprint density at radius 2 is 1.64 bits per heavy atom. The average molecular weight is 639 g/mol. The van der Waals surface area contributed by atoms with Gasteiger partial charge in [-0.15, -0.1) is 10.2 Å². The Morgan fingerprint density at radius 3 is 2.26 bits per heavy atom. The Morgan fingerprint density at radius 1 is 0.936 bits per heavy atom. The van der Waals surface area contributed by atoms with Crippen LogP contribution in [-0.4, -0.2) is 69.2 Å². The fourth-order valence-electron chi connectivity index (χ4n) is 5.90. The first-order valence-corrected chi connectivity index (χ1v) is 15.5. The van der Waals surface area contributed by atoms with Crippen LogP contribution in [0.1, 0.15) is 47.2 Å². The van der Waals surface area contributed by atoms with Crippen LogP contribution >= 0.6 is 0 Å². The Balaban J connectivity index is 1.29. The van der Waals surface area contributed by atoms with Gasteiger partial charge in [0.05, 0.1) is 0 Å². The molecule has 0 bridgehead atoms. The third-order valence-corrected chi connectivity index (χ3v) is 8.57. The van der Waals surface area contributed by atoms with E-state index < -0.39 is 12.1 Å². The number of aromatic nitrogens is 4. The second kappa shape index (κ2) is 15.1. The smallest absolute Gasteiger partial charge is 0.404 e. The summed E-state index contributed by atoms with van der Waals surface area (Å²) < 4.78 is 0. The van der Waals surface area contributed by atoms with Crippen LogP contribution < -0.4 is 21.3 Å². The first-order chi connectivity index (χ1) is 22.7. The van der Waals surface area contributed by atoms with Crippen molar-refractivity contribution in [1.82, 2.24) is 36.6 Å². The molecule has 13 heteroatoms. The largest absolute Gasteiger partial charge is 0.465 e. The maximum absolute atomic E-state index is 13.6. The molecule has 1 fully saturated rings. The van der Waals surface area contributed by atoms with Gasteiger partial charge in [-0.2, -0.15) is 5.21 Å². The molecule has 1 aliphatic rings. The maximum atomic E-state index is 13.6. The van der Waals surface area contributed by atoms with Crippen LogP contribution in [0.3, 0.4) is 0 Å². The van der Waals surface area contributed by atoms with E-state index in [1.807, 2.05) is 43.3 Å². The van der Waals surface area contributed by atoms with E-state index in [0.717, 1.165) is 40.7 Å². The monoisotopic (exact) mass is 638 g/mol. The number of carbonyl (C=O) groups is 4. The van der Waals surface area contributed by atoms with Crippen molar-refractivity contribution >= 4 is 29.5 Å². The number of rotatable bonds is 11. The summed E-state index contributed by atoms with van der Waals surface area (Å²) in [7, 11) is 1.60. The topological polar surface area (TPSA) is 191 Å². The van der Waals surface area contributed by atoms with Crippen LogP contribution in [0.2, 0.25) is 0 Å². The van der Waals surface area contributed by atoms with Gasteiger partial charge >= 0.3 is 6.09 Å². The van der Waals surface area contributed by atoms with Gasteiger partial charge in [-0.25, -0.2) is 4.79 Å². The molecule has 13 nitrogen and oxygen atoms in total. The molecule has 244 valence electrons. The number of hydrogen-bond acceptors (Lipinski definition) is 7. The van der Waals surface area contributed by atoms with E-state index in [2.05, 4.69) is 41.9 Å². The van der Waals surface area contributed by atoms with Crippen molar-refractivity contribution in [3.63, 3.8) is 0 Å². The normalized spacial score (nSPS) is 16.5. The predicted octanol–water partition coefficient (Wildman–Crippen LogP) is 3.94. The van der Waals surface area contributed by atoms with Gasteiger partial charge < -0.3 is 26.4 Å². The zero-order chi connectivity index (χ0) is 33.3. The fourth-order valence-corrected chi connectivity index (χ4v) is 5.90. The molecule has 1 aromatic heterocycles. The summed E-state index contributed by atoms with van der Waals surface area (Å²) in [6.07, 6.45) is 1.92. The van der Waals surface area contributed by atoms with Crippen molar-refractivity contribution in [2.75, 3.05) is 18.9 Å². The highest BCUT2D eigenvalue weighted by molar-refractivity contribution is 5.98. The number of hydrogen-bond donors (Lipinski definition) is 6. The van der Waals surface area contributed by atoms with E-state index in [0.29, 0.717) is 36.5 Å². The predicted molar refractivity (Wildman–Crippen MR) is 175 cm³/mol. The van der Waals surface area contributed by atoms with Crippen LogP contribution in [-0.2, 0) is 16.0 Å². The molecule has 6 N–H and O–H groups in total. The number of nitrogens with zero attached hydrogens (tertiary/aromatic N) is 3. The van der Waals surface area contributed by atoms with E-state index in [4.69, 9.17) is 5.11 Å². The summed E-state index contributed by atoms with van der Waals surface area (Å²) in [5.74, 6) is -0.328. The zero-order valence-corrected chi connectivity index (χ0v) is 26.2. The summed E-state index contributed by atoms with van der Waals surface area (Å²) >= 11 is 0. The molecule has 1 atom stereocenters. The summed E-state index contributed by atoms with van der Waals surface area (Å²) in [4.78, 5) is 50.0. The lowest BCUT2D eigenvalue weighted by molar-refractivity contribution is -0.130. The van der Waals surface area contributed by atoms with Crippen LogP contribution in [0, 0.1) is 18.8 Å². The van der Waals surface area contributed by atoms with Crippen molar-refractivity contribution in [3.8, 4) is 22.5 Å². The highest BCUT2D eigenvalue weighted by Gasteiger charge is 2.30. The van der Waals surface area contributed by atoms with Gasteiger partial charge in [0, 0.05) is 42.7 Å². The number of nitrogens with one attached hydrogen (secondary N) is 5. The first-order valence-electron chi connectivity index (χ1n) is 15.5. The van der Waals surface area contributed by atoms with E-state index in [-0.39, 0.29) is 36.0 Å². The molecule has 47 heavy (non-hydrogen) atoms. The lowest BCUT2D eigenvalue weighted by Gasteiger charge is -2.29. The van der Waals surface area contributed by atoms with E-state index in [1.165, 1.54) is 0 Å². The minimum Gasteiger partial charge on any atom is -0.465 e. The number of aromatic amines is 1. The van der Waals surface area contributed by atoms with Crippen molar-refractivity contribution in [2.24, 2.45) is 11.8 Å². The average Bonchev–Trinajstić information content (AvgIpc) is 3.63. The number of carbonyl (C=O) groups excluding carboxylic acids is 3. The molecule has 5 rings (SSSR count). The standard InChI is InChI=1S/C34H38N8O5/c1-20-17-26(31(43)35-2)13-16-28(20)23-7-3-21(4-8-23)18-29(38-32(44)25-9-5-22(6-10-25)19-36-34(46)47)33(45)37-27-14-11-24(12-15-27)30-39-41-42-40-30/h3-4,7-8,11-17,22,25,29,36H,5-6,9-10,18-19H2,1-2H3,(H,35,43)(H,37,45)(H,38,44)(H,46,47)(H,39,40,41,42)/t22-,25-,29-/m0/s1. The van der Waals surface area contributed by atoms with Gasteiger partial charge in [-0.1, -0.05) is 30.3 Å². The number of carboxylic acid groups (broad SMARTS) is 1. The van der Waals surface area contributed by atoms with Gasteiger partial charge in [0.1, 0.15) is 6.04 Å². The summed E-state index contributed by atoms with van der Waals surface area (Å²) in [5, 5.41) is 33.8. The number of anilines is 1. The molecule has 0 unspecified atom stereocenters. The Hall–Kier alpha value is -5.59. The first kappa shape index (κ1) is 32.8. The van der Waals surface area contributed by atoms with Crippen molar-refractivity contribution in [3.05, 3.63) is 83.4 Å². The second-order valence-corrected chi connectivity index (χ2v) is 11.8. The molecule has 4 aromatic rings. The van der Waals surface area contributed by atoms with Crippen LogP contribution in [0.25, 0.3) is 22.5 Å². The molecule has 0 aliphatic heterocycles. The number of aryl methyl sites for hydroxylation is 1. The minimum absolute atomic E-state index is 0.146. The summed E-state index contributed by atoms with van der Waals surface area (Å²) in [5.41, 5.74) is 5.66. The molecule has 1 aliphatic carbocycles. The van der Waals surface area contributed by atoms with Crippen LogP contribution in [0.5, 0.6) is 0 Å². The minimum atomic E-state index is -1.05. The van der Waals surface area contributed by atoms with Crippen molar-refractivity contribution in [1.29, 1.82) is 0 Å². The number of tetrazole rings is 1. The molecule has 0 spiro atoms. The van der Waals surface area contributed by atoms with Gasteiger partial charge in [-0.3, -0.25) is 14.4 Å². The van der Waals surface area contributed by atoms with Crippen LogP contribution in [0.15, 0.2) is 66.7 Å². The summed E-state index contributed by atoms with van der Waals surface area (Å²) in [6, 6.07) is 19.5.